The lowest BCUT2D eigenvalue weighted by Crippen LogP contribution is -2.64. The van der Waals surface area contributed by atoms with Crippen molar-refractivity contribution in [2.24, 2.45) is 5.41 Å². The maximum absolute atomic E-state index is 14.3. The number of hydrogen-bond acceptors (Lipinski definition) is 3. The van der Waals surface area contributed by atoms with E-state index in [4.69, 9.17) is 11.6 Å². The molecule has 0 unspecified atom stereocenters. The third-order valence-corrected chi connectivity index (χ3v) is 5.37. The van der Waals surface area contributed by atoms with E-state index in [-0.39, 0.29) is 23.7 Å². The molecule has 9 heteroatoms. The normalized spacial score (nSPS) is 25.6. The van der Waals surface area contributed by atoms with Gasteiger partial charge in [-0.15, -0.1) is 0 Å². The van der Waals surface area contributed by atoms with Gasteiger partial charge in [0.2, 0.25) is 0 Å². The molecule has 0 aromatic heterocycles. The number of likely N-dealkylation sites (N-methyl/N-ethyl adjacent to an activating group) is 1. The summed E-state index contributed by atoms with van der Waals surface area (Å²) in [6, 6.07) is 1.53. The van der Waals surface area contributed by atoms with Crippen LogP contribution in [0.5, 0.6) is 0 Å². The summed E-state index contributed by atoms with van der Waals surface area (Å²) in [5.41, 5.74) is -4.32. The molecular weight excluding hydrogens is 382 g/mol. The van der Waals surface area contributed by atoms with Crippen LogP contribution in [0.2, 0.25) is 5.02 Å². The average molecular weight is 405 g/mol. The lowest BCUT2D eigenvalue weighted by Gasteiger charge is -2.47. The molecule has 2 amide bonds. The van der Waals surface area contributed by atoms with Crippen molar-refractivity contribution < 1.29 is 28.6 Å². The SMILES string of the molecule is CN(C(=O)[C@@]1(C(C)(C)C)C[C@](C)(O)CN1C(=O)O)c1cc(Cl)c(F)cc1F. The number of nitrogens with zero attached hydrogens (tertiary/aromatic N) is 2. The smallest absolute Gasteiger partial charge is 0.408 e. The third-order valence-electron chi connectivity index (χ3n) is 5.08. The first kappa shape index (κ1) is 21.4. The van der Waals surface area contributed by atoms with E-state index in [2.05, 4.69) is 0 Å². The number of anilines is 1. The van der Waals surface area contributed by atoms with E-state index >= 15 is 0 Å². The van der Waals surface area contributed by atoms with Crippen molar-refractivity contribution in [3.63, 3.8) is 0 Å². The van der Waals surface area contributed by atoms with Crippen molar-refractivity contribution in [2.45, 2.75) is 45.3 Å². The summed E-state index contributed by atoms with van der Waals surface area (Å²) in [5, 5.41) is 19.8. The summed E-state index contributed by atoms with van der Waals surface area (Å²) < 4.78 is 27.8. The molecule has 1 heterocycles. The van der Waals surface area contributed by atoms with Crippen LogP contribution >= 0.6 is 11.6 Å². The molecule has 27 heavy (non-hydrogen) atoms. The van der Waals surface area contributed by atoms with Crippen LogP contribution in [0.4, 0.5) is 19.3 Å². The minimum Gasteiger partial charge on any atom is -0.465 e. The fourth-order valence-electron chi connectivity index (χ4n) is 3.75. The Morgan fingerprint density at radius 3 is 2.30 bits per heavy atom. The van der Waals surface area contributed by atoms with Crippen LogP contribution in [0.25, 0.3) is 0 Å². The van der Waals surface area contributed by atoms with Gasteiger partial charge in [0.05, 0.1) is 22.9 Å². The Morgan fingerprint density at radius 1 is 1.26 bits per heavy atom. The van der Waals surface area contributed by atoms with Gasteiger partial charge in [-0.2, -0.15) is 0 Å². The number of rotatable bonds is 2. The number of benzene rings is 1. The molecule has 0 saturated carbocycles. The molecular formula is C18H23ClF2N2O4. The first-order valence-electron chi connectivity index (χ1n) is 8.30. The lowest BCUT2D eigenvalue weighted by atomic mass is 9.69. The fourth-order valence-corrected chi connectivity index (χ4v) is 3.90. The van der Waals surface area contributed by atoms with Crippen molar-refractivity contribution in [3.8, 4) is 0 Å². The Hall–Kier alpha value is -1.93. The maximum atomic E-state index is 14.3. The van der Waals surface area contributed by atoms with Crippen LogP contribution in [0.1, 0.15) is 34.1 Å². The number of aliphatic hydroxyl groups is 1. The number of carbonyl (C=O) groups is 2. The molecule has 0 radical (unpaired) electrons. The number of halogens is 3. The fraction of sp³-hybridized carbons (Fsp3) is 0.556. The van der Waals surface area contributed by atoms with E-state index in [1.807, 2.05) is 0 Å². The van der Waals surface area contributed by atoms with Gasteiger partial charge in [-0.05, 0) is 18.4 Å². The van der Waals surface area contributed by atoms with Crippen LogP contribution in [0.3, 0.4) is 0 Å². The van der Waals surface area contributed by atoms with Gasteiger partial charge in [-0.1, -0.05) is 32.4 Å². The number of carbonyl (C=O) groups excluding carboxylic acids is 1. The van der Waals surface area contributed by atoms with Crippen molar-refractivity contribution in [2.75, 3.05) is 18.5 Å². The predicted octanol–water partition coefficient (Wildman–Crippen LogP) is 3.50. The zero-order chi connectivity index (χ0) is 20.9. The molecule has 0 aliphatic carbocycles. The van der Waals surface area contributed by atoms with Crippen LogP contribution in [0, 0.1) is 17.0 Å². The van der Waals surface area contributed by atoms with Gasteiger partial charge >= 0.3 is 6.09 Å². The van der Waals surface area contributed by atoms with Gasteiger partial charge in [0.1, 0.15) is 17.2 Å². The summed E-state index contributed by atoms with van der Waals surface area (Å²) in [5.74, 6) is -2.72. The first-order chi connectivity index (χ1) is 12.1. The predicted molar refractivity (Wildman–Crippen MR) is 96.9 cm³/mol. The number of β-amino-alcohol motifs (C(OH)–C–C–N with tert-alkyl or cyclic N) is 1. The Bertz CT molecular complexity index is 794. The number of amides is 2. The molecule has 1 aromatic carbocycles. The number of hydrogen-bond donors (Lipinski definition) is 2. The molecule has 1 saturated heterocycles. The van der Waals surface area contributed by atoms with E-state index < -0.39 is 40.2 Å². The van der Waals surface area contributed by atoms with Crippen molar-refractivity contribution in [1.29, 1.82) is 0 Å². The second kappa shape index (κ2) is 6.60. The van der Waals surface area contributed by atoms with Crippen LogP contribution in [-0.2, 0) is 4.79 Å². The molecule has 2 atom stereocenters. The van der Waals surface area contributed by atoms with Crippen LogP contribution in [0.15, 0.2) is 12.1 Å². The molecule has 1 aromatic rings. The largest absolute Gasteiger partial charge is 0.465 e. The van der Waals surface area contributed by atoms with Crippen molar-refractivity contribution in [3.05, 3.63) is 28.8 Å². The van der Waals surface area contributed by atoms with E-state index in [1.165, 1.54) is 14.0 Å². The standard InChI is InChI=1S/C18H23ClF2N2O4/c1-16(2,3)18(8-17(4,27)9-23(18)15(25)26)14(24)22(5)13-6-10(19)11(20)7-12(13)21/h6-7,27H,8-9H2,1-5H3,(H,25,26)/t17-,18+/m0/s1. The zero-order valence-corrected chi connectivity index (χ0v) is 16.6. The van der Waals surface area contributed by atoms with E-state index in [1.54, 1.807) is 20.8 Å². The van der Waals surface area contributed by atoms with Gasteiger partial charge in [0.15, 0.2) is 0 Å². The molecule has 2 N–H and O–H groups in total. The van der Waals surface area contributed by atoms with E-state index in [9.17, 15) is 28.6 Å². The molecule has 1 aliphatic rings. The highest BCUT2D eigenvalue weighted by molar-refractivity contribution is 6.31. The second-order valence-corrected chi connectivity index (χ2v) is 8.64. The third kappa shape index (κ3) is 3.48. The quantitative estimate of drug-likeness (QED) is 0.739. The summed E-state index contributed by atoms with van der Waals surface area (Å²) in [4.78, 5) is 27.2. The summed E-state index contributed by atoms with van der Waals surface area (Å²) in [6.45, 7) is 6.18. The Morgan fingerprint density at radius 2 is 1.81 bits per heavy atom. The maximum Gasteiger partial charge on any atom is 0.408 e. The second-order valence-electron chi connectivity index (χ2n) is 8.23. The molecule has 1 fully saturated rings. The van der Waals surface area contributed by atoms with Crippen molar-refractivity contribution >= 4 is 29.3 Å². The minimum absolute atomic E-state index is 0.171. The minimum atomic E-state index is -1.66. The highest BCUT2D eigenvalue weighted by atomic mass is 35.5. The van der Waals surface area contributed by atoms with Gasteiger partial charge < -0.3 is 15.1 Å². The number of carboxylic acid groups (broad SMARTS) is 1. The molecule has 6 nitrogen and oxygen atoms in total. The van der Waals surface area contributed by atoms with E-state index in [0.29, 0.717) is 6.07 Å². The molecule has 150 valence electrons. The average Bonchev–Trinajstić information content (AvgIpc) is 2.82. The van der Waals surface area contributed by atoms with Crippen LogP contribution in [-0.4, -0.2) is 51.8 Å². The summed E-state index contributed by atoms with van der Waals surface area (Å²) >= 11 is 5.72. The first-order valence-corrected chi connectivity index (χ1v) is 8.67. The monoisotopic (exact) mass is 404 g/mol. The summed E-state index contributed by atoms with van der Waals surface area (Å²) in [7, 11) is 1.26. The van der Waals surface area contributed by atoms with Gasteiger partial charge in [0, 0.05) is 19.5 Å². The number of likely N-dealkylation sites (tertiary alicyclic amines) is 1. The Labute approximate surface area is 161 Å². The highest BCUT2D eigenvalue weighted by Crippen LogP contribution is 2.48. The lowest BCUT2D eigenvalue weighted by molar-refractivity contribution is -0.134. The molecule has 0 bridgehead atoms. The molecule has 2 rings (SSSR count). The molecule has 1 aliphatic heterocycles. The van der Waals surface area contributed by atoms with Gasteiger partial charge in [-0.25, -0.2) is 13.6 Å². The zero-order valence-electron chi connectivity index (χ0n) is 15.8. The van der Waals surface area contributed by atoms with Crippen molar-refractivity contribution in [1.82, 2.24) is 4.90 Å². The van der Waals surface area contributed by atoms with Gasteiger partial charge in [0.25, 0.3) is 5.91 Å². The summed E-state index contributed by atoms with van der Waals surface area (Å²) in [6.07, 6.45) is -1.54. The topological polar surface area (TPSA) is 81.1 Å². The van der Waals surface area contributed by atoms with E-state index in [0.717, 1.165) is 15.9 Å². The Balaban J connectivity index is 2.63. The Kier molecular flexibility index (Phi) is 5.22. The molecule has 0 spiro atoms. The van der Waals surface area contributed by atoms with Crippen LogP contribution < -0.4 is 4.90 Å². The van der Waals surface area contributed by atoms with Gasteiger partial charge in [-0.3, -0.25) is 9.69 Å². The highest BCUT2D eigenvalue weighted by Gasteiger charge is 2.64.